The minimum absolute atomic E-state index is 0.167. The molecular weight excluding hydrogens is 362 g/mol. The first-order valence-electron chi connectivity index (χ1n) is 8.45. The van der Waals surface area contributed by atoms with E-state index in [1.807, 2.05) is 49.4 Å². The van der Waals surface area contributed by atoms with Gasteiger partial charge in [-0.2, -0.15) is 0 Å². The molecule has 0 atom stereocenters. The number of nitrogens with one attached hydrogen (secondary N) is 1. The van der Waals surface area contributed by atoms with Crippen molar-refractivity contribution in [3.8, 4) is 5.75 Å². The number of ether oxygens (including phenoxy) is 1. The number of hydrogen-bond donors (Lipinski definition) is 1. The van der Waals surface area contributed by atoms with Gasteiger partial charge in [-0.25, -0.2) is 0 Å². The second-order valence-corrected chi connectivity index (χ2v) is 7.37. The fourth-order valence-corrected chi connectivity index (χ4v) is 3.50. The second kappa shape index (κ2) is 7.59. The molecule has 3 aromatic heterocycles. The van der Waals surface area contributed by atoms with Crippen LogP contribution in [0, 0.1) is 6.92 Å². The molecule has 0 fully saturated rings. The molecule has 3 heterocycles. The summed E-state index contributed by atoms with van der Waals surface area (Å²) in [7, 11) is 0. The lowest BCUT2D eigenvalue weighted by Crippen LogP contribution is -2.22. The number of rotatable bonds is 6. The van der Waals surface area contributed by atoms with Gasteiger partial charge in [0.25, 0.3) is 5.91 Å². The van der Waals surface area contributed by atoms with Crippen molar-refractivity contribution in [1.82, 2.24) is 15.5 Å². The minimum atomic E-state index is -0.275. The van der Waals surface area contributed by atoms with Gasteiger partial charge in [0.15, 0.2) is 11.5 Å². The number of aryl methyl sites for hydroxylation is 1. The normalized spacial score (nSPS) is 10.9. The topological polar surface area (TPSA) is 77.2 Å². The van der Waals surface area contributed by atoms with Crippen LogP contribution in [0.25, 0.3) is 10.9 Å². The molecule has 0 bridgehead atoms. The van der Waals surface area contributed by atoms with Gasteiger partial charge < -0.3 is 14.6 Å². The minimum Gasteiger partial charge on any atom is -0.483 e. The van der Waals surface area contributed by atoms with Crippen molar-refractivity contribution < 1.29 is 14.1 Å². The third kappa shape index (κ3) is 3.98. The highest BCUT2D eigenvalue weighted by molar-refractivity contribution is 7.11. The molecule has 0 saturated heterocycles. The predicted octanol–water partition coefficient (Wildman–Crippen LogP) is 4.10. The number of benzene rings is 1. The lowest BCUT2D eigenvalue weighted by atomic mass is 10.2. The predicted molar refractivity (Wildman–Crippen MR) is 103 cm³/mol. The summed E-state index contributed by atoms with van der Waals surface area (Å²) in [6.07, 6.45) is 1.72. The van der Waals surface area contributed by atoms with Crippen molar-refractivity contribution in [2.45, 2.75) is 20.1 Å². The SMILES string of the molecule is Cc1ccc(CNC(=O)c2cc(COc3cccc4cccnc34)on2)s1. The summed E-state index contributed by atoms with van der Waals surface area (Å²) in [4.78, 5) is 18.9. The quantitative estimate of drug-likeness (QED) is 0.546. The van der Waals surface area contributed by atoms with Gasteiger partial charge in [0.1, 0.15) is 17.9 Å². The number of hydrogen-bond acceptors (Lipinski definition) is 6. The van der Waals surface area contributed by atoms with Crippen LogP contribution >= 0.6 is 11.3 Å². The van der Waals surface area contributed by atoms with Crippen molar-refractivity contribution in [2.24, 2.45) is 0 Å². The van der Waals surface area contributed by atoms with Gasteiger partial charge >= 0.3 is 0 Å². The van der Waals surface area contributed by atoms with Gasteiger partial charge in [-0.1, -0.05) is 23.4 Å². The van der Waals surface area contributed by atoms with E-state index in [2.05, 4.69) is 15.5 Å². The first-order chi connectivity index (χ1) is 13.2. The van der Waals surface area contributed by atoms with E-state index in [-0.39, 0.29) is 18.2 Å². The highest BCUT2D eigenvalue weighted by atomic mass is 32.1. The molecule has 1 N–H and O–H groups in total. The Balaban J connectivity index is 1.38. The van der Waals surface area contributed by atoms with Gasteiger partial charge in [-0.05, 0) is 31.2 Å². The van der Waals surface area contributed by atoms with Crippen LogP contribution in [0.15, 0.2) is 59.3 Å². The van der Waals surface area contributed by atoms with E-state index in [0.29, 0.717) is 18.1 Å². The Bertz CT molecular complexity index is 1080. The van der Waals surface area contributed by atoms with Gasteiger partial charge in [-0.3, -0.25) is 9.78 Å². The van der Waals surface area contributed by atoms with Crippen LogP contribution in [-0.2, 0) is 13.2 Å². The second-order valence-electron chi connectivity index (χ2n) is 5.99. The van der Waals surface area contributed by atoms with Crippen LogP contribution in [0.4, 0.5) is 0 Å². The summed E-state index contributed by atoms with van der Waals surface area (Å²) in [6, 6.07) is 15.2. The Labute approximate surface area is 159 Å². The summed E-state index contributed by atoms with van der Waals surface area (Å²) < 4.78 is 11.0. The van der Waals surface area contributed by atoms with Crippen LogP contribution in [0.3, 0.4) is 0 Å². The Hall–Kier alpha value is -3.19. The van der Waals surface area contributed by atoms with E-state index in [1.165, 1.54) is 4.88 Å². The Morgan fingerprint density at radius 3 is 2.96 bits per heavy atom. The highest BCUT2D eigenvalue weighted by Crippen LogP contribution is 2.24. The molecule has 4 aromatic rings. The van der Waals surface area contributed by atoms with Crippen molar-refractivity contribution in [1.29, 1.82) is 0 Å². The molecule has 0 aliphatic heterocycles. The number of pyridine rings is 1. The summed E-state index contributed by atoms with van der Waals surface area (Å²) in [5, 5.41) is 7.66. The molecule has 0 unspecified atom stereocenters. The molecule has 6 nitrogen and oxygen atoms in total. The van der Waals surface area contributed by atoms with E-state index < -0.39 is 0 Å². The van der Waals surface area contributed by atoms with Crippen LogP contribution in [-0.4, -0.2) is 16.0 Å². The zero-order valence-corrected chi connectivity index (χ0v) is 15.5. The third-order valence-corrected chi connectivity index (χ3v) is 4.98. The van der Waals surface area contributed by atoms with Crippen LogP contribution in [0.1, 0.15) is 26.0 Å². The van der Waals surface area contributed by atoms with Crippen LogP contribution in [0.5, 0.6) is 5.75 Å². The maximum absolute atomic E-state index is 12.2. The number of carbonyl (C=O) groups is 1. The van der Waals surface area contributed by atoms with Gasteiger partial charge in [0, 0.05) is 27.4 Å². The molecule has 0 radical (unpaired) electrons. The zero-order chi connectivity index (χ0) is 18.6. The van der Waals surface area contributed by atoms with E-state index in [0.717, 1.165) is 15.8 Å². The smallest absolute Gasteiger partial charge is 0.273 e. The number of thiophene rings is 1. The molecule has 136 valence electrons. The van der Waals surface area contributed by atoms with Crippen molar-refractivity contribution in [3.63, 3.8) is 0 Å². The first kappa shape index (κ1) is 17.2. The average molecular weight is 379 g/mol. The molecule has 0 aliphatic carbocycles. The van der Waals surface area contributed by atoms with E-state index in [9.17, 15) is 4.79 Å². The molecule has 0 aliphatic rings. The number of carbonyl (C=O) groups excluding carboxylic acids is 1. The number of amides is 1. The van der Waals surface area contributed by atoms with Crippen LogP contribution in [0.2, 0.25) is 0 Å². The number of fused-ring (bicyclic) bond motifs is 1. The van der Waals surface area contributed by atoms with Crippen LogP contribution < -0.4 is 10.1 Å². The largest absolute Gasteiger partial charge is 0.483 e. The number of nitrogens with zero attached hydrogens (tertiary/aromatic N) is 2. The molecule has 0 saturated carbocycles. The monoisotopic (exact) mass is 379 g/mol. The molecular formula is C20H17N3O3S. The third-order valence-electron chi connectivity index (χ3n) is 3.98. The Morgan fingerprint density at radius 1 is 1.22 bits per heavy atom. The molecule has 1 amide bonds. The van der Waals surface area contributed by atoms with Crippen molar-refractivity contribution in [3.05, 3.63) is 75.9 Å². The molecule has 0 spiro atoms. The Morgan fingerprint density at radius 2 is 2.11 bits per heavy atom. The Kier molecular flexibility index (Phi) is 4.84. The summed E-state index contributed by atoms with van der Waals surface area (Å²) in [5.41, 5.74) is 1.02. The van der Waals surface area contributed by atoms with Crippen molar-refractivity contribution >= 4 is 28.1 Å². The van der Waals surface area contributed by atoms with Gasteiger partial charge in [-0.15, -0.1) is 11.3 Å². The lowest BCUT2D eigenvalue weighted by Gasteiger charge is -2.06. The standard InChI is InChI=1S/C20H17N3O3S/c1-13-7-8-16(27-13)11-22-20(24)17-10-15(26-23-17)12-25-18-6-2-4-14-5-3-9-21-19(14)18/h2-10H,11-12H2,1H3,(H,22,24). The average Bonchev–Trinajstić information content (AvgIpc) is 3.33. The molecule has 7 heteroatoms. The van der Waals surface area contributed by atoms with Crippen molar-refractivity contribution in [2.75, 3.05) is 0 Å². The summed E-state index contributed by atoms with van der Waals surface area (Å²) in [5.74, 6) is 0.853. The summed E-state index contributed by atoms with van der Waals surface area (Å²) >= 11 is 1.65. The van der Waals surface area contributed by atoms with E-state index >= 15 is 0 Å². The van der Waals surface area contributed by atoms with Gasteiger partial charge in [0.2, 0.25) is 0 Å². The number of para-hydroxylation sites is 1. The molecule has 4 rings (SSSR count). The lowest BCUT2D eigenvalue weighted by molar-refractivity contribution is 0.0942. The number of aromatic nitrogens is 2. The van der Waals surface area contributed by atoms with E-state index in [1.54, 1.807) is 23.6 Å². The van der Waals surface area contributed by atoms with E-state index in [4.69, 9.17) is 9.26 Å². The first-order valence-corrected chi connectivity index (χ1v) is 9.26. The fourth-order valence-electron chi connectivity index (χ4n) is 2.67. The maximum atomic E-state index is 12.2. The van der Waals surface area contributed by atoms with Gasteiger partial charge in [0.05, 0.1) is 6.54 Å². The highest BCUT2D eigenvalue weighted by Gasteiger charge is 2.13. The fraction of sp³-hybridized carbons (Fsp3) is 0.150. The zero-order valence-electron chi connectivity index (χ0n) is 14.6. The maximum Gasteiger partial charge on any atom is 0.273 e. The molecule has 1 aromatic carbocycles. The molecule has 27 heavy (non-hydrogen) atoms. The summed E-state index contributed by atoms with van der Waals surface area (Å²) in [6.45, 7) is 2.67.